The molecule has 16 heavy (non-hydrogen) atoms. The Balaban J connectivity index is 1.91. The van der Waals surface area contributed by atoms with Gasteiger partial charge in [0.05, 0.1) is 5.60 Å². The lowest BCUT2D eigenvalue weighted by atomic mass is 9.80. The first-order valence-electron chi connectivity index (χ1n) is 5.27. The maximum atomic E-state index is 10.6. The van der Waals surface area contributed by atoms with Gasteiger partial charge in [0.15, 0.2) is 5.88 Å². The third kappa shape index (κ3) is 2.04. The van der Waals surface area contributed by atoms with Crippen molar-refractivity contribution in [1.29, 1.82) is 0 Å². The first-order chi connectivity index (χ1) is 7.65. The summed E-state index contributed by atoms with van der Waals surface area (Å²) < 4.78 is 10.5. The van der Waals surface area contributed by atoms with E-state index < -0.39 is 5.97 Å². The van der Waals surface area contributed by atoms with E-state index in [4.69, 9.17) is 14.3 Å². The molecule has 1 aliphatic rings. The Hall–Kier alpha value is -1.49. The van der Waals surface area contributed by atoms with Gasteiger partial charge in [-0.25, -0.2) is 4.79 Å². The van der Waals surface area contributed by atoms with E-state index in [2.05, 4.69) is 5.32 Å². The van der Waals surface area contributed by atoms with Crippen LogP contribution in [0.5, 0.6) is 0 Å². The van der Waals surface area contributed by atoms with Crippen molar-refractivity contribution >= 4 is 11.9 Å². The number of carboxylic acid groups (broad SMARTS) is 1. The largest absolute Gasteiger partial charge is 0.475 e. The molecule has 1 aromatic rings. The number of methoxy groups -OCH3 is 1. The highest BCUT2D eigenvalue weighted by atomic mass is 16.5. The van der Waals surface area contributed by atoms with Crippen LogP contribution in [0.1, 0.15) is 29.8 Å². The maximum absolute atomic E-state index is 10.6. The quantitative estimate of drug-likeness (QED) is 0.801. The van der Waals surface area contributed by atoms with Crippen LogP contribution in [0.15, 0.2) is 16.5 Å². The minimum atomic E-state index is -1.06. The highest BCUT2D eigenvalue weighted by molar-refractivity contribution is 5.84. The van der Waals surface area contributed by atoms with Crippen LogP contribution in [0.3, 0.4) is 0 Å². The van der Waals surface area contributed by atoms with E-state index in [0.29, 0.717) is 12.4 Å². The van der Waals surface area contributed by atoms with Gasteiger partial charge in [0.2, 0.25) is 5.76 Å². The van der Waals surface area contributed by atoms with Crippen LogP contribution in [-0.2, 0) is 4.74 Å². The average Bonchev–Trinajstić information content (AvgIpc) is 2.65. The van der Waals surface area contributed by atoms with Crippen molar-refractivity contribution in [2.75, 3.05) is 19.0 Å². The standard InChI is InChI=1S/C11H15NO4/c1-15-11(5-2-6-11)7-12-9-4-3-8(16-9)10(13)14/h3-4,12H,2,5-7H2,1H3,(H,13,14). The molecule has 1 heterocycles. The van der Waals surface area contributed by atoms with Gasteiger partial charge in [0.25, 0.3) is 0 Å². The molecule has 0 spiro atoms. The second-order valence-corrected chi connectivity index (χ2v) is 4.06. The van der Waals surface area contributed by atoms with Gasteiger partial charge in [0.1, 0.15) is 0 Å². The minimum absolute atomic E-state index is 0.0532. The molecule has 88 valence electrons. The zero-order chi connectivity index (χ0) is 11.6. The summed E-state index contributed by atoms with van der Waals surface area (Å²) >= 11 is 0. The van der Waals surface area contributed by atoms with Gasteiger partial charge >= 0.3 is 5.97 Å². The lowest BCUT2D eigenvalue weighted by Gasteiger charge is -2.40. The van der Waals surface area contributed by atoms with Crippen LogP contribution in [0.4, 0.5) is 5.88 Å². The molecule has 0 bridgehead atoms. The molecule has 0 unspecified atom stereocenters. The first-order valence-corrected chi connectivity index (χ1v) is 5.27. The number of carboxylic acids is 1. The molecular weight excluding hydrogens is 210 g/mol. The van der Waals surface area contributed by atoms with Gasteiger partial charge in [-0.15, -0.1) is 0 Å². The molecule has 1 aliphatic carbocycles. The van der Waals surface area contributed by atoms with Crippen molar-refractivity contribution in [2.24, 2.45) is 0 Å². The molecule has 0 radical (unpaired) electrons. The zero-order valence-corrected chi connectivity index (χ0v) is 9.16. The second-order valence-electron chi connectivity index (χ2n) is 4.06. The second kappa shape index (κ2) is 4.17. The van der Waals surface area contributed by atoms with Gasteiger partial charge in [-0.05, 0) is 25.3 Å². The molecule has 1 saturated carbocycles. The summed E-state index contributed by atoms with van der Waals surface area (Å²) in [5, 5.41) is 11.7. The molecule has 0 atom stereocenters. The number of anilines is 1. The molecule has 5 heteroatoms. The smallest absolute Gasteiger partial charge is 0.371 e. The first kappa shape index (κ1) is 11.0. The molecule has 1 aromatic heterocycles. The Morgan fingerprint density at radius 1 is 1.62 bits per heavy atom. The van der Waals surface area contributed by atoms with Crippen LogP contribution in [-0.4, -0.2) is 30.3 Å². The minimum Gasteiger partial charge on any atom is -0.475 e. The zero-order valence-electron chi connectivity index (χ0n) is 9.16. The van der Waals surface area contributed by atoms with E-state index >= 15 is 0 Å². The summed E-state index contributed by atoms with van der Waals surface area (Å²) in [7, 11) is 1.70. The highest BCUT2D eigenvalue weighted by Gasteiger charge is 2.36. The third-order valence-electron chi connectivity index (χ3n) is 3.10. The van der Waals surface area contributed by atoms with Crippen molar-refractivity contribution in [3.8, 4) is 0 Å². The molecule has 0 saturated heterocycles. The monoisotopic (exact) mass is 225 g/mol. The van der Waals surface area contributed by atoms with E-state index in [9.17, 15) is 4.79 Å². The van der Waals surface area contributed by atoms with Gasteiger partial charge in [-0.2, -0.15) is 0 Å². The molecule has 0 amide bonds. The van der Waals surface area contributed by atoms with E-state index in [1.54, 1.807) is 13.2 Å². The van der Waals surface area contributed by atoms with Crippen LogP contribution >= 0.6 is 0 Å². The van der Waals surface area contributed by atoms with E-state index in [-0.39, 0.29) is 11.4 Å². The Morgan fingerprint density at radius 2 is 2.38 bits per heavy atom. The molecule has 0 aliphatic heterocycles. The Morgan fingerprint density at radius 3 is 2.81 bits per heavy atom. The fraction of sp³-hybridized carbons (Fsp3) is 0.545. The van der Waals surface area contributed by atoms with Crippen molar-refractivity contribution in [3.05, 3.63) is 17.9 Å². The molecule has 5 nitrogen and oxygen atoms in total. The summed E-state index contributed by atoms with van der Waals surface area (Å²) in [5.41, 5.74) is -0.101. The van der Waals surface area contributed by atoms with Crippen LogP contribution < -0.4 is 5.32 Å². The highest BCUT2D eigenvalue weighted by Crippen LogP contribution is 2.35. The van der Waals surface area contributed by atoms with Gasteiger partial charge in [0, 0.05) is 19.7 Å². The van der Waals surface area contributed by atoms with Crippen LogP contribution in [0.2, 0.25) is 0 Å². The summed E-state index contributed by atoms with van der Waals surface area (Å²) in [6, 6.07) is 3.05. The van der Waals surface area contributed by atoms with Crippen molar-refractivity contribution < 1.29 is 19.1 Å². The van der Waals surface area contributed by atoms with Crippen molar-refractivity contribution in [1.82, 2.24) is 0 Å². The number of carbonyl (C=O) groups is 1. The summed E-state index contributed by atoms with van der Waals surface area (Å²) in [6.45, 7) is 0.649. The van der Waals surface area contributed by atoms with Crippen molar-refractivity contribution in [3.63, 3.8) is 0 Å². The Bertz CT molecular complexity index is 376. The summed E-state index contributed by atoms with van der Waals surface area (Å²) in [6.07, 6.45) is 3.24. The number of rotatable bonds is 5. The maximum Gasteiger partial charge on any atom is 0.371 e. The van der Waals surface area contributed by atoms with Crippen LogP contribution in [0.25, 0.3) is 0 Å². The lowest BCUT2D eigenvalue weighted by molar-refractivity contribution is -0.0603. The predicted octanol–water partition coefficient (Wildman–Crippen LogP) is 1.96. The van der Waals surface area contributed by atoms with E-state index in [1.165, 1.54) is 12.5 Å². The number of nitrogens with one attached hydrogen (secondary N) is 1. The molecule has 2 N–H and O–H groups in total. The Kier molecular flexibility index (Phi) is 2.87. The van der Waals surface area contributed by atoms with Crippen molar-refractivity contribution in [2.45, 2.75) is 24.9 Å². The van der Waals surface area contributed by atoms with Crippen LogP contribution in [0, 0.1) is 0 Å². The number of furan rings is 1. The number of ether oxygens (including phenoxy) is 1. The van der Waals surface area contributed by atoms with Gasteiger partial charge < -0.3 is 19.6 Å². The number of hydrogen-bond acceptors (Lipinski definition) is 4. The topological polar surface area (TPSA) is 71.7 Å². The van der Waals surface area contributed by atoms with E-state index in [1.807, 2.05) is 0 Å². The summed E-state index contributed by atoms with van der Waals surface area (Å²) in [5.74, 6) is -0.638. The molecular formula is C11H15NO4. The fourth-order valence-electron chi connectivity index (χ4n) is 1.82. The van der Waals surface area contributed by atoms with Gasteiger partial charge in [-0.3, -0.25) is 0 Å². The Labute approximate surface area is 93.4 Å². The third-order valence-corrected chi connectivity index (χ3v) is 3.10. The summed E-state index contributed by atoms with van der Waals surface area (Å²) in [4.78, 5) is 10.6. The van der Waals surface area contributed by atoms with Gasteiger partial charge in [-0.1, -0.05) is 0 Å². The van der Waals surface area contributed by atoms with E-state index in [0.717, 1.165) is 12.8 Å². The SMILES string of the molecule is COC1(CNc2ccc(C(=O)O)o2)CCC1. The molecule has 0 aromatic carbocycles. The number of aromatic carboxylic acids is 1. The fourth-order valence-corrected chi connectivity index (χ4v) is 1.82. The predicted molar refractivity (Wildman–Crippen MR) is 57.7 cm³/mol. The normalized spacial score (nSPS) is 17.8. The average molecular weight is 225 g/mol. The lowest BCUT2D eigenvalue weighted by Crippen LogP contribution is -2.45. The molecule has 2 rings (SSSR count). The number of hydrogen-bond donors (Lipinski definition) is 2. The molecule has 1 fully saturated rings.